The summed E-state index contributed by atoms with van der Waals surface area (Å²) in [7, 11) is 1.41. The number of halogens is 4. The monoisotopic (exact) mass is 535 g/mol. The Hall–Kier alpha value is -4.39. The van der Waals surface area contributed by atoms with E-state index in [1.165, 1.54) is 31.4 Å². The molecule has 1 N–H and O–H groups in total. The van der Waals surface area contributed by atoms with Gasteiger partial charge in [-0.2, -0.15) is 18.3 Å². The summed E-state index contributed by atoms with van der Waals surface area (Å²) in [6.07, 6.45) is -4.88. The van der Waals surface area contributed by atoms with Crippen LogP contribution in [-0.2, 0) is 6.18 Å². The van der Waals surface area contributed by atoms with Crippen LogP contribution in [-0.4, -0.2) is 39.1 Å². The molecular weight excluding hydrogens is 519 g/mol. The lowest BCUT2D eigenvalue weighted by atomic mass is 10.1. The van der Waals surface area contributed by atoms with Gasteiger partial charge in [-0.15, -0.1) is 0 Å². The molecule has 0 fully saturated rings. The number of ether oxygens (including phenoxy) is 2. The van der Waals surface area contributed by atoms with Gasteiger partial charge in [-0.05, 0) is 37.3 Å². The summed E-state index contributed by atoms with van der Waals surface area (Å²) < 4.78 is 52.6. The highest BCUT2D eigenvalue weighted by Gasteiger charge is 2.37. The van der Waals surface area contributed by atoms with E-state index in [-0.39, 0.29) is 23.7 Å². The van der Waals surface area contributed by atoms with Crippen LogP contribution in [0.4, 0.5) is 24.5 Å². The molecule has 1 amide bonds. The van der Waals surface area contributed by atoms with Crippen molar-refractivity contribution in [2.75, 3.05) is 19.0 Å². The smallest absolute Gasteiger partial charge is 0.433 e. The summed E-state index contributed by atoms with van der Waals surface area (Å²) >= 11 is 6.27. The van der Waals surface area contributed by atoms with Crippen molar-refractivity contribution < 1.29 is 32.4 Å². The number of carbonyl (C=O) groups excluding carboxylic acids is 1. The summed E-state index contributed by atoms with van der Waals surface area (Å²) in [5, 5.41) is 17.0. The molecule has 37 heavy (non-hydrogen) atoms. The van der Waals surface area contributed by atoms with Crippen molar-refractivity contribution in [1.29, 1.82) is 0 Å². The van der Waals surface area contributed by atoms with Crippen LogP contribution >= 0.6 is 11.6 Å². The van der Waals surface area contributed by atoms with Crippen LogP contribution in [0.2, 0.25) is 5.02 Å². The second-order valence-corrected chi connectivity index (χ2v) is 7.86. The third-order valence-corrected chi connectivity index (χ3v) is 5.48. The van der Waals surface area contributed by atoms with Crippen molar-refractivity contribution in [3.05, 3.63) is 75.1 Å². The fourth-order valence-corrected chi connectivity index (χ4v) is 3.72. The van der Waals surface area contributed by atoms with Crippen LogP contribution in [0.5, 0.6) is 11.5 Å². The van der Waals surface area contributed by atoms with E-state index in [9.17, 15) is 28.1 Å². The van der Waals surface area contributed by atoms with Crippen LogP contribution in [0.3, 0.4) is 0 Å². The maximum atomic E-state index is 13.9. The highest BCUT2D eigenvalue weighted by Crippen LogP contribution is 2.36. The predicted octanol–water partition coefficient (Wildman–Crippen LogP) is 5.64. The minimum atomic E-state index is -4.88. The van der Waals surface area contributed by atoms with Gasteiger partial charge in [-0.25, -0.2) is 9.50 Å². The van der Waals surface area contributed by atoms with Gasteiger partial charge in [-0.1, -0.05) is 23.7 Å². The molecule has 0 radical (unpaired) electrons. The van der Waals surface area contributed by atoms with Crippen molar-refractivity contribution >= 4 is 34.5 Å². The molecule has 14 heteroatoms. The number of nitrogens with one attached hydrogen (secondary N) is 1. The molecule has 0 saturated heterocycles. The molecule has 0 spiro atoms. The van der Waals surface area contributed by atoms with E-state index in [1.54, 1.807) is 19.1 Å². The van der Waals surface area contributed by atoms with Crippen molar-refractivity contribution in [2.45, 2.75) is 13.1 Å². The highest BCUT2D eigenvalue weighted by atomic mass is 35.5. The van der Waals surface area contributed by atoms with E-state index in [4.69, 9.17) is 21.1 Å². The van der Waals surface area contributed by atoms with Crippen molar-refractivity contribution in [3.63, 3.8) is 0 Å². The highest BCUT2D eigenvalue weighted by molar-refractivity contribution is 6.37. The second-order valence-electron chi connectivity index (χ2n) is 7.48. The summed E-state index contributed by atoms with van der Waals surface area (Å²) in [4.78, 5) is 27.9. The van der Waals surface area contributed by atoms with Gasteiger partial charge >= 0.3 is 6.18 Å². The molecular formula is C23H17ClF3N5O5. The standard InChI is InChI=1S/C23H17ClF3N5O5/c1-3-37-14-7-8-15(17(10-14)32(34)35)29-22(33)20-19(24)21-28-16(12-5-4-6-13(9-12)36-2)11-18(23(25,26)27)31(21)30-20/h4-11H,3H2,1-2H3,(H,29,33). The zero-order chi connectivity index (χ0) is 26.9. The molecule has 10 nitrogen and oxygen atoms in total. The third kappa shape index (κ3) is 5.11. The largest absolute Gasteiger partial charge is 0.497 e. The van der Waals surface area contributed by atoms with Gasteiger partial charge in [0.1, 0.15) is 22.2 Å². The van der Waals surface area contributed by atoms with E-state index < -0.39 is 44.8 Å². The number of hydrogen-bond acceptors (Lipinski definition) is 7. The first-order chi connectivity index (χ1) is 17.5. The number of carbonyl (C=O) groups is 1. The molecule has 0 atom stereocenters. The lowest BCUT2D eigenvalue weighted by molar-refractivity contribution is -0.384. The number of amides is 1. The summed E-state index contributed by atoms with van der Waals surface area (Å²) in [5.41, 5.74) is -2.77. The minimum absolute atomic E-state index is 0.0883. The Kier molecular flexibility index (Phi) is 6.90. The number of nitrogens with zero attached hydrogens (tertiary/aromatic N) is 4. The van der Waals surface area contributed by atoms with Crippen molar-refractivity contribution in [3.8, 4) is 22.8 Å². The molecule has 2 heterocycles. The lowest BCUT2D eigenvalue weighted by Gasteiger charge is -2.11. The number of aromatic nitrogens is 3. The zero-order valence-electron chi connectivity index (χ0n) is 19.2. The first kappa shape index (κ1) is 25.7. The molecule has 4 aromatic rings. The number of anilines is 1. The van der Waals surface area contributed by atoms with E-state index in [1.807, 2.05) is 0 Å². The topological polar surface area (TPSA) is 121 Å². The number of methoxy groups -OCH3 is 1. The van der Waals surface area contributed by atoms with Crippen LogP contribution < -0.4 is 14.8 Å². The van der Waals surface area contributed by atoms with Gasteiger partial charge in [0.05, 0.1) is 30.4 Å². The molecule has 0 unspecified atom stereocenters. The Bertz CT molecular complexity index is 1520. The second kappa shape index (κ2) is 9.93. The van der Waals surface area contributed by atoms with Gasteiger partial charge in [-0.3, -0.25) is 14.9 Å². The van der Waals surface area contributed by atoms with Crippen molar-refractivity contribution in [2.24, 2.45) is 0 Å². The average molecular weight is 536 g/mol. The number of alkyl halides is 3. The Labute approximate surface area is 211 Å². The Morgan fingerprint density at radius 3 is 2.59 bits per heavy atom. The number of nitro groups is 1. The molecule has 0 aliphatic carbocycles. The zero-order valence-corrected chi connectivity index (χ0v) is 19.9. The lowest BCUT2D eigenvalue weighted by Crippen LogP contribution is -2.16. The maximum Gasteiger partial charge on any atom is 0.433 e. The van der Waals surface area contributed by atoms with Crippen LogP contribution in [0.15, 0.2) is 48.5 Å². The summed E-state index contributed by atoms with van der Waals surface area (Å²) in [5.74, 6) is -0.481. The van der Waals surface area contributed by atoms with E-state index in [0.29, 0.717) is 15.8 Å². The average Bonchev–Trinajstić information content (AvgIpc) is 3.20. The number of fused-ring (bicyclic) bond motifs is 1. The first-order valence-electron chi connectivity index (χ1n) is 10.6. The number of rotatable bonds is 7. The van der Waals surface area contributed by atoms with E-state index in [2.05, 4.69) is 15.4 Å². The Morgan fingerprint density at radius 1 is 1.19 bits per heavy atom. The van der Waals surface area contributed by atoms with E-state index >= 15 is 0 Å². The molecule has 2 aromatic heterocycles. The van der Waals surface area contributed by atoms with Gasteiger partial charge in [0.15, 0.2) is 17.0 Å². The number of hydrogen-bond donors (Lipinski definition) is 1. The van der Waals surface area contributed by atoms with Gasteiger partial charge in [0, 0.05) is 5.56 Å². The van der Waals surface area contributed by atoms with Crippen molar-refractivity contribution in [1.82, 2.24) is 14.6 Å². The fourth-order valence-electron chi connectivity index (χ4n) is 3.48. The first-order valence-corrected chi connectivity index (χ1v) is 10.9. The third-order valence-electron chi connectivity index (χ3n) is 5.13. The maximum absolute atomic E-state index is 13.9. The molecule has 0 saturated carbocycles. The summed E-state index contributed by atoms with van der Waals surface area (Å²) in [6.45, 7) is 1.95. The number of nitro benzene ring substituents is 1. The molecule has 0 aliphatic rings. The van der Waals surface area contributed by atoms with E-state index in [0.717, 1.165) is 12.1 Å². The van der Waals surface area contributed by atoms with Crippen LogP contribution in [0.1, 0.15) is 23.1 Å². The SMILES string of the molecule is CCOc1ccc(NC(=O)c2nn3c(C(F)(F)F)cc(-c4cccc(OC)c4)nc3c2Cl)c([N+](=O)[O-])c1. The molecule has 2 aromatic carbocycles. The molecule has 192 valence electrons. The Balaban J connectivity index is 1.81. The normalized spacial score (nSPS) is 11.4. The number of benzene rings is 2. The van der Waals surface area contributed by atoms with Crippen LogP contribution in [0, 0.1) is 10.1 Å². The molecule has 0 bridgehead atoms. The van der Waals surface area contributed by atoms with Gasteiger partial charge < -0.3 is 14.8 Å². The summed E-state index contributed by atoms with van der Waals surface area (Å²) in [6, 6.07) is 10.7. The van der Waals surface area contributed by atoms with Crippen LogP contribution in [0.25, 0.3) is 16.9 Å². The van der Waals surface area contributed by atoms with Gasteiger partial charge in [0.25, 0.3) is 11.6 Å². The fraction of sp³-hybridized carbons (Fsp3) is 0.174. The molecule has 0 aliphatic heterocycles. The molecule has 4 rings (SSSR count). The quantitative estimate of drug-likeness (QED) is 0.240. The Morgan fingerprint density at radius 2 is 1.95 bits per heavy atom. The minimum Gasteiger partial charge on any atom is -0.497 e. The predicted molar refractivity (Wildman–Crippen MR) is 127 cm³/mol. The van der Waals surface area contributed by atoms with Gasteiger partial charge in [0.2, 0.25) is 0 Å².